The van der Waals surface area contributed by atoms with Crippen LogP contribution in [0.5, 0.6) is 5.75 Å². The van der Waals surface area contributed by atoms with Gasteiger partial charge in [-0.1, -0.05) is 12.1 Å². The first-order valence-corrected chi connectivity index (χ1v) is 7.49. The zero-order valence-electron chi connectivity index (χ0n) is 11.9. The van der Waals surface area contributed by atoms with Gasteiger partial charge in [-0.3, -0.25) is 4.79 Å². The van der Waals surface area contributed by atoms with E-state index in [1.54, 1.807) is 17.4 Å². The summed E-state index contributed by atoms with van der Waals surface area (Å²) in [6.45, 7) is 5.70. The van der Waals surface area contributed by atoms with Gasteiger partial charge in [-0.05, 0) is 49.4 Å². The highest BCUT2D eigenvalue weighted by atomic mass is 32.1. The number of nitrogens with one attached hydrogen (secondary N) is 1. The first-order chi connectivity index (χ1) is 9.49. The molecule has 106 valence electrons. The van der Waals surface area contributed by atoms with Crippen molar-refractivity contribution < 1.29 is 9.90 Å². The smallest absolute Gasteiger partial charge is 0.255 e. The molecule has 0 saturated heterocycles. The van der Waals surface area contributed by atoms with E-state index in [-0.39, 0.29) is 17.7 Å². The first kappa shape index (κ1) is 14.6. The Labute approximate surface area is 123 Å². The number of phenolic OH excluding ortho intramolecular Hbond substituents is 1. The van der Waals surface area contributed by atoms with Gasteiger partial charge in [-0.25, -0.2) is 0 Å². The molecule has 0 aliphatic rings. The van der Waals surface area contributed by atoms with Gasteiger partial charge in [0.25, 0.3) is 5.91 Å². The molecule has 1 aromatic heterocycles. The molecule has 1 aromatic carbocycles. The average Bonchev–Trinajstić information content (AvgIpc) is 2.88. The van der Waals surface area contributed by atoms with Gasteiger partial charge in [0.05, 0.1) is 5.56 Å². The lowest BCUT2D eigenvalue weighted by Crippen LogP contribution is -2.34. The Morgan fingerprint density at radius 3 is 2.75 bits per heavy atom. The van der Waals surface area contributed by atoms with Crippen LogP contribution in [0.4, 0.5) is 0 Å². The Hall–Kier alpha value is -1.81. The molecule has 0 spiro atoms. The topological polar surface area (TPSA) is 49.3 Å². The van der Waals surface area contributed by atoms with Crippen LogP contribution >= 0.6 is 11.3 Å². The van der Waals surface area contributed by atoms with Crippen molar-refractivity contribution in [3.05, 3.63) is 51.2 Å². The summed E-state index contributed by atoms with van der Waals surface area (Å²) in [4.78, 5) is 13.4. The van der Waals surface area contributed by atoms with Crippen molar-refractivity contribution in [1.82, 2.24) is 5.32 Å². The lowest BCUT2D eigenvalue weighted by molar-refractivity contribution is 0.0937. The summed E-state index contributed by atoms with van der Waals surface area (Å²) in [5.41, 5.74) is 2.07. The number of hydrogen-bond acceptors (Lipinski definition) is 3. The molecule has 2 N–H and O–H groups in total. The minimum absolute atomic E-state index is 0.0298. The number of carbonyl (C=O) groups is 1. The molecule has 0 aliphatic carbocycles. The van der Waals surface area contributed by atoms with Gasteiger partial charge in [0.2, 0.25) is 0 Å². The van der Waals surface area contributed by atoms with E-state index < -0.39 is 0 Å². The standard InChI is InChI=1S/C16H19NO2S/c1-10-6-7-14(15(18)12(10)3)16(19)17-11(2)9-13-5-4-8-20-13/h4-8,11,18H,9H2,1-3H3,(H,17,19). The third kappa shape index (κ3) is 3.20. The quantitative estimate of drug-likeness (QED) is 0.906. The van der Waals surface area contributed by atoms with Crippen LogP contribution in [0.1, 0.15) is 33.3 Å². The largest absolute Gasteiger partial charge is 0.507 e. The van der Waals surface area contributed by atoms with Crippen molar-refractivity contribution >= 4 is 17.2 Å². The summed E-state index contributed by atoms with van der Waals surface area (Å²) >= 11 is 1.68. The molecule has 1 unspecified atom stereocenters. The number of thiophene rings is 1. The third-order valence-corrected chi connectivity index (χ3v) is 4.31. The van der Waals surface area contributed by atoms with Crippen LogP contribution in [0.3, 0.4) is 0 Å². The molecule has 0 fully saturated rings. The lowest BCUT2D eigenvalue weighted by Gasteiger charge is -2.15. The van der Waals surface area contributed by atoms with Crippen LogP contribution in [0.25, 0.3) is 0 Å². The third-order valence-electron chi connectivity index (χ3n) is 3.41. The number of phenols is 1. The second kappa shape index (κ2) is 6.09. The van der Waals surface area contributed by atoms with E-state index in [1.165, 1.54) is 4.88 Å². The molecule has 1 amide bonds. The number of benzene rings is 1. The molecule has 0 saturated carbocycles. The van der Waals surface area contributed by atoms with E-state index in [4.69, 9.17) is 0 Å². The van der Waals surface area contributed by atoms with E-state index in [2.05, 4.69) is 11.4 Å². The maximum atomic E-state index is 12.2. The fourth-order valence-electron chi connectivity index (χ4n) is 2.07. The first-order valence-electron chi connectivity index (χ1n) is 6.61. The molecule has 2 aromatic rings. The van der Waals surface area contributed by atoms with Crippen LogP contribution in [0, 0.1) is 13.8 Å². The zero-order chi connectivity index (χ0) is 14.7. The Kier molecular flexibility index (Phi) is 4.45. The van der Waals surface area contributed by atoms with Gasteiger partial charge in [0.15, 0.2) is 0 Å². The molecule has 1 heterocycles. The maximum absolute atomic E-state index is 12.2. The number of aromatic hydroxyl groups is 1. The maximum Gasteiger partial charge on any atom is 0.255 e. The molecule has 0 aliphatic heterocycles. The highest BCUT2D eigenvalue weighted by Crippen LogP contribution is 2.24. The minimum atomic E-state index is -0.227. The predicted octanol–water partition coefficient (Wildman–Crippen LogP) is 3.43. The Balaban J connectivity index is 2.07. The second-order valence-electron chi connectivity index (χ2n) is 5.06. The van der Waals surface area contributed by atoms with Crippen molar-refractivity contribution in [2.24, 2.45) is 0 Å². The van der Waals surface area contributed by atoms with E-state index in [0.717, 1.165) is 17.5 Å². The summed E-state index contributed by atoms with van der Waals surface area (Å²) in [5.74, 6) is -0.152. The van der Waals surface area contributed by atoms with E-state index in [1.807, 2.05) is 38.3 Å². The van der Waals surface area contributed by atoms with Crippen LogP contribution in [-0.2, 0) is 6.42 Å². The normalized spacial score (nSPS) is 12.2. The number of carbonyl (C=O) groups excluding carboxylic acids is 1. The van der Waals surface area contributed by atoms with Crippen LogP contribution in [0.2, 0.25) is 0 Å². The van der Waals surface area contributed by atoms with Crippen molar-refractivity contribution in [1.29, 1.82) is 0 Å². The summed E-state index contributed by atoms with van der Waals surface area (Å²) in [6.07, 6.45) is 0.801. The SMILES string of the molecule is Cc1ccc(C(=O)NC(C)Cc2cccs2)c(O)c1C. The van der Waals surface area contributed by atoms with Crippen molar-refractivity contribution in [3.63, 3.8) is 0 Å². The lowest BCUT2D eigenvalue weighted by atomic mass is 10.0. The van der Waals surface area contributed by atoms with Gasteiger partial charge in [0.1, 0.15) is 5.75 Å². The fraction of sp³-hybridized carbons (Fsp3) is 0.312. The van der Waals surface area contributed by atoms with E-state index >= 15 is 0 Å². The summed E-state index contributed by atoms with van der Waals surface area (Å²) in [6, 6.07) is 7.62. The molecule has 3 nitrogen and oxygen atoms in total. The van der Waals surface area contributed by atoms with Gasteiger partial charge in [-0.15, -0.1) is 11.3 Å². The number of hydrogen-bond donors (Lipinski definition) is 2. The molecule has 0 bridgehead atoms. The Bertz CT molecular complexity index is 605. The van der Waals surface area contributed by atoms with Gasteiger partial charge in [0, 0.05) is 17.3 Å². The van der Waals surface area contributed by atoms with Crippen LogP contribution in [0.15, 0.2) is 29.6 Å². The van der Waals surface area contributed by atoms with Crippen LogP contribution < -0.4 is 5.32 Å². The van der Waals surface area contributed by atoms with Gasteiger partial charge in [-0.2, -0.15) is 0 Å². The molecule has 0 radical (unpaired) electrons. The Morgan fingerprint density at radius 1 is 1.35 bits per heavy atom. The van der Waals surface area contributed by atoms with Crippen molar-refractivity contribution in [2.45, 2.75) is 33.2 Å². The number of rotatable bonds is 4. The number of aryl methyl sites for hydroxylation is 1. The molecule has 4 heteroatoms. The molecular weight excluding hydrogens is 270 g/mol. The van der Waals surface area contributed by atoms with E-state index in [0.29, 0.717) is 5.56 Å². The zero-order valence-corrected chi connectivity index (χ0v) is 12.8. The molecule has 2 rings (SSSR count). The molecular formula is C16H19NO2S. The average molecular weight is 289 g/mol. The van der Waals surface area contributed by atoms with Gasteiger partial charge >= 0.3 is 0 Å². The predicted molar refractivity (Wildman–Crippen MR) is 82.5 cm³/mol. The number of amides is 1. The van der Waals surface area contributed by atoms with Crippen LogP contribution in [-0.4, -0.2) is 17.1 Å². The fourth-order valence-corrected chi connectivity index (χ4v) is 2.90. The molecule has 1 atom stereocenters. The minimum Gasteiger partial charge on any atom is -0.507 e. The highest BCUT2D eigenvalue weighted by molar-refractivity contribution is 7.09. The molecule has 20 heavy (non-hydrogen) atoms. The summed E-state index contributed by atoms with van der Waals surface area (Å²) in [5, 5.41) is 15.0. The summed E-state index contributed by atoms with van der Waals surface area (Å²) in [7, 11) is 0. The summed E-state index contributed by atoms with van der Waals surface area (Å²) < 4.78 is 0. The van der Waals surface area contributed by atoms with Gasteiger partial charge < -0.3 is 10.4 Å². The van der Waals surface area contributed by atoms with E-state index in [9.17, 15) is 9.90 Å². The highest BCUT2D eigenvalue weighted by Gasteiger charge is 2.16. The van der Waals surface area contributed by atoms with Crippen molar-refractivity contribution in [3.8, 4) is 5.75 Å². The van der Waals surface area contributed by atoms with Crippen molar-refractivity contribution in [2.75, 3.05) is 0 Å². The second-order valence-corrected chi connectivity index (χ2v) is 6.09. The Morgan fingerprint density at radius 2 is 2.10 bits per heavy atom. The monoisotopic (exact) mass is 289 g/mol.